The zero-order valence-corrected chi connectivity index (χ0v) is 10.9. The molecule has 0 saturated heterocycles. The second kappa shape index (κ2) is 5.43. The lowest BCUT2D eigenvalue weighted by Crippen LogP contribution is -1.97. The number of benzene rings is 1. The topological polar surface area (TPSA) is 76.2 Å². The van der Waals surface area contributed by atoms with Crippen molar-refractivity contribution < 1.29 is 23.1 Å². The number of hydrogen-bond donors (Lipinski definition) is 1. The lowest BCUT2D eigenvalue weighted by molar-refractivity contribution is -0.137. The molecule has 0 aliphatic heterocycles. The lowest BCUT2D eigenvalue weighted by atomic mass is 10.2. The number of hydrogen-bond acceptors (Lipinski definition) is 4. The van der Waals surface area contributed by atoms with Gasteiger partial charge < -0.3 is 9.52 Å². The molecule has 19 heavy (non-hydrogen) atoms. The molecule has 8 heteroatoms. The molecule has 0 fully saturated rings. The largest absolute Gasteiger partial charge is 0.481 e. The lowest BCUT2D eigenvalue weighted by Gasteiger charge is -2.00. The zero-order chi connectivity index (χ0) is 14.0. The van der Waals surface area contributed by atoms with Crippen molar-refractivity contribution in [1.82, 2.24) is 10.2 Å². The molecule has 0 aliphatic carbocycles. The summed E-state index contributed by atoms with van der Waals surface area (Å²) in [6.07, 6.45) is -0.199. The molecule has 0 radical (unpaired) electrons. The van der Waals surface area contributed by atoms with Crippen LogP contribution in [0.1, 0.15) is 12.3 Å². The maximum absolute atomic E-state index is 13.6. The number of aryl methyl sites for hydroxylation is 1. The third kappa shape index (κ3) is 3.14. The first-order valence-corrected chi connectivity index (χ1v) is 5.95. The zero-order valence-electron chi connectivity index (χ0n) is 9.36. The van der Waals surface area contributed by atoms with E-state index in [1.807, 2.05) is 0 Å². The van der Waals surface area contributed by atoms with Gasteiger partial charge in [0.15, 0.2) is 0 Å². The molecule has 2 rings (SSSR count). The van der Waals surface area contributed by atoms with E-state index in [4.69, 9.17) is 9.52 Å². The van der Waals surface area contributed by atoms with Gasteiger partial charge in [0.05, 0.1) is 6.42 Å². The first-order chi connectivity index (χ1) is 8.97. The highest BCUT2D eigenvalue weighted by Gasteiger charge is 2.19. The fraction of sp³-hybridized carbons (Fsp3) is 0.182. The van der Waals surface area contributed by atoms with Crippen LogP contribution in [0.25, 0.3) is 11.5 Å². The minimum atomic E-state index is -1.03. The number of carboxylic acids is 1. The molecule has 0 saturated carbocycles. The van der Waals surface area contributed by atoms with E-state index in [0.29, 0.717) is 0 Å². The van der Waals surface area contributed by atoms with E-state index in [2.05, 4.69) is 26.1 Å². The maximum atomic E-state index is 13.6. The molecular weight excluding hydrogens is 326 g/mol. The van der Waals surface area contributed by atoms with Crippen molar-refractivity contribution in [3.63, 3.8) is 0 Å². The van der Waals surface area contributed by atoms with Crippen molar-refractivity contribution in [3.8, 4) is 11.5 Å². The van der Waals surface area contributed by atoms with Crippen LogP contribution < -0.4 is 0 Å². The van der Waals surface area contributed by atoms with Crippen molar-refractivity contribution in [2.75, 3.05) is 0 Å². The number of carbonyl (C=O) groups is 1. The predicted molar refractivity (Wildman–Crippen MR) is 63.3 cm³/mol. The van der Waals surface area contributed by atoms with Crippen molar-refractivity contribution in [2.45, 2.75) is 12.8 Å². The van der Waals surface area contributed by atoms with Gasteiger partial charge in [-0.05, 0) is 12.1 Å². The monoisotopic (exact) mass is 332 g/mol. The van der Waals surface area contributed by atoms with Gasteiger partial charge in [-0.15, -0.1) is 10.2 Å². The molecule has 5 nitrogen and oxygen atoms in total. The number of nitrogens with zero attached hydrogens (tertiary/aromatic N) is 2. The summed E-state index contributed by atoms with van der Waals surface area (Å²) >= 11 is 2.95. The second-order valence-electron chi connectivity index (χ2n) is 3.64. The van der Waals surface area contributed by atoms with Crippen LogP contribution in [0.5, 0.6) is 0 Å². The molecule has 0 unspecified atom stereocenters. The van der Waals surface area contributed by atoms with E-state index < -0.39 is 23.2 Å². The Morgan fingerprint density at radius 1 is 1.32 bits per heavy atom. The number of carboxylic acid groups (broad SMARTS) is 1. The SMILES string of the molecule is O=C(O)CCc1nnc(-c2c(F)cc(Br)cc2F)o1. The predicted octanol–water partition coefficient (Wildman–Crippen LogP) is 2.79. The van der Waals surface area contributed by atoms with E-state index in [1.165, 1.54) is 0 Å². The van der Waals surface area contributed by atoms with Crippen molar-refractivity contribution in [1.29, 1.82) is 0 Å². The molecule has 1 heterocycles. The van der Waals surface area contributed by atoms with Crippen molar-refractivity contribution in [2.24, 2.45) is 0 Å². The van der Waals surface area contributed by atoms with Gasteiger partial charge >= 0.3 is 5.97 Å². The van der Waals surface area contributed by atoms with Gasteiger partial charge in [-0.1, -0.05) is 15.9 Å². The molecule has 2 aromatic rings. The minimum absolute atomic E-state index is 0.00208. The van der Waals surface area contributed by atoms with E-state index in [0.717, 1.165) is 12.1 Å². The Morgan fingerprint density at radius 2 is 1.95 bits per heavy atom. The van der Waals surface area contributed by atoms with Gasteiger partial charge in [0, 0.05) is 10.9 Å². The number of rotatable bonds is 4. The molecule has 0 amide bonds. The summed E-state index contributed by atoms with van der Waals surface area (Å²) < 4.78 is 32.5. The molecule has 0 aliphatic rings. The summed E-state index contributed by atoms with van der Waals surface area (Å²) in [5, 5.41) is 15.6. The standard InChI is InChI=1S/C11H7BrF2N2O3/c12-5-3-6(13)10(7(14)4-5)11-16-15-8(19-11)1-2-9(17)18/h3-4H,1-2H2,(H,17,18). The van der Waals surface area contributed by atoms with E-state index in [1.54, 1.807) is 0 Å². The minimum Gasteiger partial charge on any atom is -0.481 e. The Morgan fingerprint density at radius 3 is 2.53 bits per heavy atom. The van der Waals surface area contributed by atoms with Crippen LogP contribution in [0.15, 0.2) is 21.0 Å². The quantitative estimate of drug-likeness (QED) is 0.931. The summed E-state index contributed by atoms with van der Waals surface area (Å²) in [5.41, 5.74) is -0.433. The fourth-order valence-corrected chi connectivity index (χ4v) is 1.82. The van der Waals surface area contributed by atoms with Crippen LogP contribution in [0.2, 0.25) is 0 Å². The van der Waals surface area contributed by atoms with Gasteiger partial charge in [-0.25, -0.2) is 8.78 Å². The maximum Gasteiger partial charge on any atom is 0.303 e. The summed E-state index contributed by atoms with van der Waals surface area (Å²) in [4.78, 5) is 10.4. The fourth-order valence-electron chi connectivity index (χ4n) is 1.42. The average Bonchev–Trinajstić information content (AvgIpc) is 2.73. The van der Waals surface area contributed by atoms with Crippen LogP contribution in [0, 0.1) is 11.6 Å². The summed E-state index contributed by atoms with van der Waals surface area (Å²) in [6.45, 7) is 0. The summed E-state index contributed by atoms with van der Waals surface area (Å²) in [7, 11) is 0. The Bertz CT molecular complexity index is 607. The molecule has 0 bridgehead atoms. The molecular formula is C11H7BrF2N2O3. The first kappa shape index (κ1) is 13.6. The van der Waals surface area contributed by atoms with Crippen LogP contribution in [0.4, 0.5) is 8.78 Å². The highest BCUT2D eigenvalue weighted by Crippen LogP contribution is 2.28. The molecule has 1 aromatic carbocycles. The van der Waals surface area contributed by atoms with Crippen LogP contribution >= 0.6 is 15.9 Å². The highest BCUT2D eigenvalue weighted by molar-refractivity contribution is 9.10. The van der Waals surface area contributed by atoms with Crippen LogP contribution in [-0.4, -0.2) is 21.3 Å². The average molecular weight is 333 g/mol. The van der Waals surface area contributed by atoms with Crippen LogP contribution in [-0.2, 0) is 11.2 Å². The Kier molecular flexibility index (Phi) is 3.89. The normalized spacial score (nSPS) is 10.7. The Labute approximate surface area is 114 Å². The van der Waals surface area contributed by atoms with Gasteiger partial charge in [0.2, 0.25) is 5.89 Å². The van der Waals surface area contributed by atoms with E-state index >= 15 is 0 Å². The van der Waals surface area contributed by atoms with Crippen molar-refractivity contribution >= 4 is 21.9 Å². The summed E-state index contributed by atoms with van der Waals surface area (Å²) in [6, 6.07) is 2.14. The molecule has 0 spiro atoms. The number of aliphatic carboxylic acids is 1. The van der Waals surface area contributed by atoms with E-state index in [-0.39, 0.29) is 29.1 Å². The molecule has 1 N–H and O–H groups in total. The number of aromatic nitrogens is 2. The smallest absolute Gasteiger partial charge is 0.303 e. The second-order valence-corrected chi connectivity index (χ2v) is 4.55. The Balaban J connectivity index is 2.30. The van der Waals surface area contributed by atoms with Crippen molar-refractivity contribution in [3.05, 3.63) is 34.1 Å². The number of halogens is 3. The van der Waals surface area contributed by atoms with Crippen LogP contribution in [0.3, 0.4) is 0 Å². The van der Waals surface area contributed by atoms with Gasteiger partial charge in [-0.2, -0.15) is 0 Å². The first-order valence-electron chi connectivity index (χ1n) is 5.16. The summed E-state index contributed by atoms with van der Waals surface area (Å²) in [5.74, 6) is -3.02. The highest BCUT2D eigenvalue weighted by atomic mass is 79.9. The third-order valence-electron chi connectivity index (χ3n) is 2.24. The van der Waals surface area contributed by atoms with E-state index in [9.17, 15) is 13.6 Å². The molecule has 1 aromatic heterocycles. The van der Waals surface area contributed by atoms with Gasteiger partial charge in [0.1, 0.15) is 17.2 Å². The van der Waals surface area contributed by atoms with Gasteiger partial charge in [0.25, 0.3) is 5.89 Å². The molecule has 100 valence electrons. The Hall–Kier alpha value is -1.83. The van der Waals surface area contributed by atoms with Gasteiger partial charge in [-0.3, -0.25) is 4.79 Å². The molecule has 0 atom stereocenters. The third-order valence-corrected chi connectivity index (χ3v) is 2.70.